The van der Waals surface area contributed by atoms with E-state index in [1.807, 2.05) is 6.07 Å². The predicted octanol–water partition coefficient (Wildman–Crippen LogP) is 1.40. The number of carbonyl (C=O) groups is 1. The van der Waals surface area contributed by atoms with Crippen molar-refractivity contribution in [2.24, 2.45) is 5.41 Å². The van der Waals surface area contributed by atoms with E-state index in [2.05, 4.69) is 15.3 Å². The van der Waals surface area contributed by atoms with Gasteiger partial charge in [0.25, 0.3) is 0 Å². The van der Waals surface area contributed by atoms with Crippen molar-refractivity contribution in [1.29, 1.82) is 5.26 Å². The molecule has 0 bridgehead atoms. The third-order valence-corrected chi connectivity index (χ3v) is 3.54. The second kappa shape index (κ2) is 4.61. The Balaban J connectivity index is 2.13. The zero-order valence-corrected chi connectivity index (χ0v) is 10.1. The van der Waals surface area contributed by atoms with E-state index in [4.69, 9.17) is 5.26 Å². The number of rotatable bonds is 3. The van der Waals surface area contributed by atoms with E-state index in [1.165, 1.54) is 12.4 Å². The molecule has 2 N–H and O–H groups in total. The first-order valence-corrected chi connectivity index (χ1v) is 5.78. The largest absolute Gasteiger partial charge is 0.481 e. The van der Waals surface area contributed by atoms with Gasteiger partial charge in [-0.3, -0.25) is 4.79 Å². The van der Waals surface area contributed by atoms with Crippen molar-refractivity contribution in [2.45, 2.75) is 32.2 Å². The van der Waals surface area contributed by atoms with Crippen LogP contribution >= 0.6 is 0 Å². The SMILES string of the molecule is CC1(C(=O)O)CCCC1Nc1cnc(C#N)cn1. The lowest BCUT2D eigenvalue weighted by Crippen LogP contribution is -2.40. The molecule has 0 amide bonds. The van der Waals surface area contributed by atoms with Crippen LogP contribution in [0.5, 0.6) is 0 Å². The molecule has 1 aromatic heterocycles. The van der Waals surface area contributed by atoms with E-state index in [0.29, 0.717) is 12.2 Å². The van der Waals surface area contributed by atoms with Crippen LogP contribution in [0.4, 0.5) is 5.82 Å². The average Bonchev–Trinajstić information content (AvgIpc) is 2.73. The summed E-state index contributed by atoms with van der Waals surface area (Å²) in [6.07, 6.45) is 5.16. The van der Waals surface area contributed by atoms with Crippen LogP contribution in [0.2, 0.25) is 0 Å². The first-order valence-electron chi connectivity index (χ1n) is 5.78. The maximum Gasteiger partial charge on any atom is 0.311 e. The molecule has 2 unspecified atom stereocenters. The summed E-state index contributed by atoms with van der Waals surface area (Å²) in [5, 5.41) is 21.0. The minimum atomic E-state index is -0.792. The number of carboxylic acid groups (broad SMARTS) is 1. The standard InChI is InChI=1S/C12H14N4O2/c1-12(11(17)18)4-2-3-9(12)16-10-7-14-8(5-13)6-15-10/h6-7,9H,2-4H2,1H3,(H,15,16)(H,17,18). The number of aliphatic carboxylic acids is 1. The Hall–Kier alpha value is -2.16. The summed E-state index contributed by atoms with van der Waals surface area (Å²) in [6.45, 7) is 1.75. The van der Waals surface area contributed by atoms with Gasteiger partial charge in [-0.25, -0.2) is 9.97 Å². The van der Waals surface area contributed by atoms with Crippen LogP contribution < -0.4 is 5.32 Å². The Morgan fingerprint density at radius 1 is 1.61 bits per heavy atom. The zero-order chi connectivity index (χ0) is 13.2. The Bertz CT molecular complexity index is 494. The van der Waals surface area contributed by atoms with Gasteiger partial charge in [0.2, 0.25) is 0 Å². The summed E-state index contributed by atoms with van der Waals surface area (Å²) >= 11 is 0. The lowest BCUT2D eigenvalue weighted by molar-refractivity contribution is -0.147. The van der Waals surface area contributed by atoms with Gasteiger partial charge in [-0.1, -0.05) is 6.42 Å². The molecule has 1 aliphatic rings. The van der Waals surface area contributed by atoms with Crippen LogP contribution in [0.15, 0.2) is 12.4 Å². The van der Waals surface area contributed by atoms with Crippen molar-refractivity contribution in [3.8, 4) is 6.07 Å². The molecule has 18 heavy (non-hydrogen) atoms. The average molecular weight is 246 g/mol. The monoisotopic (exact) mass is 246 g/mol. The maximum atomic E-state index is 11.3. The fourth-order valence-corrected chi connectivity index (χ4v) is 2.29. The molecule has 0 aromatic carbocycles. The first kappa shape index (κ1) is 12.3. The molecule has 6 nitrogen and oxygen atoms in total. The highest BCUT2D eigenvalue weighted by atomic mass is 16.4. The van der Waals surface area contributed by atoms with Gasteiger partial charge in [-0.15, -0.1) is 0 Å². The highest BCUT2D eigenvalue weighted by molar-refractivity contribution is 5.76. The van der Waals surface area contributed by atoms with E-state index in [9.17, 15) is 9.90 Å². The lowest BCUT2D eigenvalue weighted by Gasteiger charge is -2.27. The van der Waals surface area contributed by atoms with Gasteiger partial charge in [0.1, 0.15) is 11.9 Å². The van der Waals surface area contributed by atoms with Gasteiger partial charge >= 0.3 is 5.97 Å². The molecular weight excluding hydrogens is 232 g/mol. The number of nitrogens with one attached hydrogen (secondary N) is 1. The normalized spacial score (nSPS) is 26.6. The van der Waals surface area contributed by atoms with Crippen molar-refractivity contribution in [2.75, 3.05) is 5.32 Å². The third kappa shape index (κ3) is 2.12. The van der Waals surface area contributed by atoms with Crippen LogP contribution in [0.3, 0.4) is 0 Å². The van der Waals surface area contributed by atoms with Gasteiger partial charge < -0.3 is 10.4 Å². The van der Waals surface area contributed by atoms with Crippen LogP contribution in [-0.4, -0.2) is 27.1 Å². The molecule has 1 aliphatic carbocycles. The molecule has 6 heteroatoms. The van der Waals surface area contributed by atoms with E-state index in [1.54, 1.807) is 6.92 Å². The number of aromatic nitrogens is 2. The number of carboxylic acids is 1. The first-order chi connectivity index (χ1) is 8.56. The molecule has 0 radical (unpaired) electrons. The lowest BCUT2D eigenvalue weighted by atomic mass is 9.85. The topological polar surface area (TPSA) is 98.9 Å². The summed E-state index contributed by atoms with van der Waals surface area (Å²) < 4.78 is 0. The van der Waals surface area contributed by atoms with Crippen molar-refractivity contribution in [3.63, 3.8) is 0 Å². The van der Waals surface area contributed by atoms with Crippen molar-refractivity contribution in [1.82, 2.24) is 9.97 Å². The fourth-order valence-electron chi connectivity index (χ4n) is 2.29. The summed E-state index contributed by atoms with van der Waals surface area (Å²) in [5.74, 6) is -0.285. The second-order valence-electron chi connectivity index (χ2n) is 4.71. The molecule has 1 aromatic rings. The summed E-state index contributed by atoms with van der Waals surface area (Å²) in [5.41, 5.74) is -0.525. The number of nitriles is 1. The smallest absolute Gasteiger partial charge is 0.311 e. The highest BCUT2D eigenvalue weighted by Gasteiger charge is 2.45. The van der Waals surface area contributed by atoms with Crippen LogP contribution in [0.25, 0.3) is 0 Å². The van der Waals surface area contributed by atoms with Gasteiger partial charge in [0, 0.05) is 6.04 Å². The molecule has 1 heterocycles. The van der Waals surface area contributed by atoms with Crippen LogP contribution in [-0.2, 0) is 4.79 Å². The minimum Gasteiger partial charge on any atom is -0.481 e. The summed E-state index contributed by atoms with van der Waals surface area (Å²) in [4.78, 5) is 19.3. The second-order valence-corrected chi connectivity index (χ2v) is 4.71. The number of anilines is 1. The molecule has 94 valence electrons. The Morgan fingerprint density at radius 3 is 2.94 bits per heavy atom. The Morgan fingerprint density at radius 2 is 2.39 bits per heavy atom. The van der Waals surface area contributed by atoms with Gasteiger partial charge in [0.05, 0.1) is 17.8 Å². The number of hydrogen-bond acceptors (Lipinski definition) is 5. The van der Waals surface area contributed by atoms with Gasteiger partial charge in [0.15, 0.2) is 5.69 Å². The van der Waals surface area contributed by atoms with Crippen LogP contribution in [0, 0.1) is 16.7 Å². The Labute approximate surface area is 105 Å². The molecule has 1 saturated carbocycles. The molecular formula is C12H14N4O2. The number of hydrogen-bond donors (Lipinski definition) is 2. The molecule has 2 rings (SSSR count). The Kier molecular flexibility index (Phi) is 3.15. The number of nitrogens with zero attached hydrogens (tertiary/aromatic N) is 3. The predicted molar refractivity (Wildman–Crippen MR) is 63.8 cm³/mol. The maximum absolute atomic E-state index is 11.3. The molecule has 1 fully saturated rings. The van der Waals surface area contributed by atoms with Crippen molar-refractivity contribution < 1.29 is 9.90 Å². The molecule has 0 spiro atoms. The highest BCUT2D eigenvalue weighted by Crippen LogP contribution is 2.39. The van der Waals surface area contributed by atoms with Gasteiger partial charge in [-0.2, -0.15) is 5.26 Å². The molecule has 0 aliphatic heterocycles. The van der Waals surface area contributed by atoms with E-state index in [-0.39, 0.29) is 11.7 Å². The fraction of sp³-hybridized carbons (Fsp3) is 0.500. The summed E-state index contributed by atoms with van der Waals surface area (Å²) in [6, 6.07) is 1.73. The molecule has 0 saturated heterocycles. The molecule has 2 atom stereocenters. The minimum absolute atomic E-state index is 0.155. The third-order valence-electron chi connectivity index (χ3n) is 3.54. The summed E-state index contributed by atoms with van der Waals surface area (Å²) in [7, 11) is 0. The van der Waals surface area contributed by atoms with Crippen molar-refractivity contribution >= 4 is 11.8 Å². The van der Waals surface area contributed by atoms with E-state index < -0.39 is 11.4 Å². The van der Waals surface area contributed by atoms with E-state index in [0.717, 1.165) is 12.8 Å². The van der Waals surface area contributed by atoms with E-state index >= 15 is 0 Å². The van der Waals surface area contributed by atoms with Crippen LogP contribution in [0.1, 0.15) is 31.9 Å². The van der Waals surface area contributed by atoms with Gasteiger partial charge in [-0.05, 0) is 19.8 Å². The van der Waals surface area contributed by atoms with Crippen molar-refractivity contribution in [3.05, 3.63) is 18.1 Å². The quantitative estimate of drug-likeness (QED) is 0.836. The zero-order valence-electron chi connectivity index (χ0n) is 10.1.